The van der Waals surface area contributed by atoms with E-state index in [1.807, 2.05) is 39.0 Å². The summed E-state index contributed by atoms with van der Waals surface area (Å²) < 4.78 is 15.3. The summed E-state index contributed by atoms with van der Waals surface area (Å²) in [7, 11) is 0. The van der Waals surface area contributed by atoms with Crippen LogP contribution in [-0.4, -0.2) is 47.2 Å². The zero-order valence-electron chi connectivity index (χ0n) is 19.3. The molecular weight excluding hydrogens is 421 g/mol. The van der Waals surface area contributed by atoms with Crippen molar-refractivity contribution in [1.29, 1.82) is 0 Å². The molecule has 1 aliphatic heterocycles. The van der Waals surface area contributed by atoms with Gasteiger partial charge >= 0.3 is 0 Å². The first-order chi connectivity index (χ1) is 15.7. The number of hydrogen-bond donors (Lipinski definition) is 2. The van der Waals surface area contributed by atoms with Gasteiger partial charge < -0.3 is 15.5 Å². The molecule has 0 saturated carbocycles. The maximum Gasteiger partial charge on any atom is 0.262 e. The molecule has 1 saturated heterocycles. The Hall–Kier alpha value is -3.26. The lowest BCUT2D eigenvalue weighted by Crippen LogP contribution is -2.43. The first-order valence-corrected chi connectivity index (χ1v) is 11.3. The first kappa shape index (κ1) is 22.9. The molecule has 0 spiro atoms. The number of hydrogen-bond acceptors (Lipinski definition) is 5. The topological polar surface area (TPSA) is 79.3 Å². The lowest BCUT2D eigenvalue weighted by molar-refractivity contribution is -0.123. The minimum atomic E-state index is -0.446. The fourth-order valence-electron chi connectivity index (χ4n) is 4.11. The van der Waals surface area contributed by atoms with E-state index in [1.165, 1.54) is 16.7 Å². The second kappa shape index (κ2) is 9.31. The van der Waals surface area contributed by atoms with Crippen LogP contribution in [0.4, 0.5) is 10.1 Å². The number of fused-ring (bicyclic) bond motifs is 1. The van der Waals surface area contributed by atoms with E-state index in [2.05, 4.69) is 20.5 Å². The zero-order valence-corrected chi connectivity index (χ0v) is 19.3. The van der Waals surface area contributed by atoms with Gasteiger partial charge in [0.25, 0.3) is 5.56 Å². The lowest BCUT2D eigenvalue weighted by Gasteiger charge is -2.23. The van der Waals surface area contributed by atoms with Gasteiger partial charge in [0.15, 0.2) is 0 Å². The average Bonchev–Trinajstić information content (AvgIpc) is 3.04. The number of amides is 1. The second-order valence-electron chi connectivity index (χ2n) is 9.43. The third-order valence-electron chi connectivity index (χ3n) is 5.54. The number of rotatable bonds is 4. The van der Waals surface area contributed by atoms with Gasteiger partial charge in [-0.1, -0.05) is 12.1 Å². The highest BCUT2D eigenvalue weighted by molar-refractivity contribution is 5.84. The molecule has 4 rings (SSSR count). The van der Waals surface area contributed by atoms with Crippen LogP contribution in [0.5, 0.6) is 0 Å². The van der Waals surface area contributed by atoms with Crippen molar-refractivity contribution in [2.24, 2.45) is 0 Å². The van der Waals surface area contributed by atoms with Gasteiger partial charge in [0.05, 0.1) is 10.9 Å². The molecule has 174 valence electrons. The Balaban J connectivity index is 1.84. The molecule has 7 nitrogen and oxygen atoms in total. The molecular formula is C25H30FN5O2. The van der Waals surface area contributed by atoms with Crippen LogP contribution in [-0.2, 0) is 11.3 Å². The molecule has 1 fully saturated rings. The molecule has 0 atom stereocenters. The first-order valence-electron chi connectivity index (χ1n) is 11.3. The van der Waals surface area contributed by atoms with Crippen molar-refractivity contribution >= 4 is 22.5 Å². The third kappa shape index (κ3) is 5.39. The molecule has 8 heteroatoms. The number of carbonyl (C=O) groups excluding carboxylic acids is 1. The Labute approximate surface area is 192 Å². The Morgan fingerprint density at radius 2 is 1.97 bits per heavy atom. The number of carbonyl (C=O) groups is 1. The van der Waals surface area contributed by atoms with Crippen molar-refractivity contribution in [3.8, 4) is 11.4 Å². The number of halogens is 1. The molecule has 1 aromatic heterocycles. The van der Waals surface area contributed by atoms with E-state index >= 15 is 0 Å². The van der Waals surface area contributed by atoms with Crippen LogP contribution in [0.15, 0.2) is 47.3 Å². The van der Waals surface area contributed by atoms with Gasteiger partial charge in [-0.3, -0.25) is 14.2 Å². The number of benzene rings is 2. The summed E-state index contributed by atoms with van der Waals surface area (Å²) in [6.45, 7) is 9.03. The van der Waals surface area contributed by atoms with E-state index < -0.39 is 11.4 Å². The number of nitrogens with zero attached hydrogens (tertiary/aromatic N) is 3. The third-order valence-corrected chi connectivity index (χ3v) is 5.54. The molecule has 0 bridgehead atoms. The molecule has 0 unspecified atom stereocenters. The number of nitrogens with one attached hydrogen (secondary N) is 2. The van der Waals surface area contributed by atoms with E-state index in [9.17, 15) is 14.0 Å². The summed E-state index contributed by atoms with van der Waals surface area (Å²) in [4.78, 5) is 33.3. The molecule has 2 heterocycles. The van der Waals surface area contributed by atoms with Gasteiger partial charge in [-0.15, -0.1) is 0 Å². The van der Waals surface area contributed by atoms with E-state index in [4.69, 9.17) is 0 Å². The van der Waals surface area contributed by atoms with Crippen molar-refractivity contribution in [2.45, 2.75) is 39.3 Å². The molecule has 2 aromatic carbocycles. The van der Waals surface area contributed by atoms with Gasteiger partial charge in [-0.05, 0) is 64.1 Å². The van der Waals surface area contributed by atoms with E-state index in [-0.39, 0.29) is 23.8 Å². The number of anilines is 1. The Bertz CT molecular complexity index is 1220. The summed E-state index contributed by atoms with van der Waals surface area (Å²) in [5.41, 5.74) is 1.15. The van der Waals surface area contributed by atoms with Crippen LogP contribution in [0.25, 0.3) is 22.3 Å². The normalized spacial score (nSPS) is 14.8. The summed E-state index contributed by atoms with van der Waals surface area (Å²) in [6, 6.07) is 11.6. The molecule has 2 N–H and O–H groups in total. The standard InChI is InChI=1S/C25H30FN5O2/c1-25(2,3)29-22(32)16-31-23(17-6-4-7-18(26)14-17)28-21-9-8-19(15-20(21)24(31)33)30-12-5-10-27-11-13-30/h4,6-9,14-15,27H,5,10-13,16H2,1-3H3,(H,29,32). The van der Waals surface area contributed by atoms with Crippen LogP contribution in [0.2, 0.25) is 0 Å². The van der Waals surface area contributed by atoms with Crippen LogP contribution < -0.4 is 21.1 Å². The van der Waals surface area contributed by atoms with E-state index in [0.717, 1.165) is 38.3 Å². The van der Waals surface area contributed by atoms with Gasteiger partial charge in [0.1, 0.15) is 18.2 Å². The van der Waals surface area contributed by atoms with Gasteiger partial charge in [-0.25, -0.2) is 9.37 Å². The van der Waals surface area contributed by atoms with Crippen LogP contribution in [0.1, 0.15) is 27.2 Å². The van der Waals surface area contributed by atoms with Crippen molar-refractivity contribution < 1.29 is 9.18 Å². The quantitative estimate of drug-likeness (QED) is 0.638. The van der Waals surface area contributed by atoms with E-state index in [0.29, 0.717) is 16.5 Å². The van der Waals surface area contributed by atoms with Crippen molar-refractivity contribution in [2.75, 3.05) is 31.1 Å². The SMILES string of the molecule is CC(C)(C)NC(=O)Cn1c(-c2cccc(F)c2)nc2ccc(N3CCCNCC3)cc2c1=O. The van der Waals surface area contributed by atoms with Crippen molar-refractivity contribution in [3.05, 3.63) is 58.6 Å². The summed E-state index contributed by atoms with van der Waals surface area (Å²) in [5.74, 6) is -0.474. The second-order valence-corrected chi connectivity index (χ2v) is 9.43. The van der Waals surface area contributed by atoms with Gasteiger partial charge in [-0.2, -0.15) is 0 Å². The minimum absolute atomic E-state index is 0.206. The molecule has 33 heavy (non-hydrogen) atoms. The van der Waals surface area contributed by atoms with Crippen LogP contribution in [0.3, 0.4) is 0 Å². The highest BCUT2D eigenvalue weighted by Crippen LogP contribution is 2.24. The summed E-state index contributed by atoms with van der Waals surface area (Å²) >= 11 is 0. The maximum atomic E-state index is 14.0. The van der Waals surface area contributed by atoms with Crippen molar-refractivity contribution in [3.63, 3.8) is 0 Å². The minimum Gasteiger partial charge on any atom is -0.370 e. The average molecular weight is 452 g/mol. The molecule has 1 aliphatic rings. The monoisotopic (exact) mass is 451 g/mol. The van der Waals surface area contributed by atoms with Gasteiger partial charge in [0, 0.05) is 36.4 Å². The fraction of sp³-hybridized carbons (Fsp3) is 0.400. The van der Waals surface area contributed by atoms with E-state index in [1.54, 1.807) is 12.1 Å². The molecule has 0 radical (unpaired) electrons. The fourth-order valence-corrected chi connectivity index (χ4v) is 4.11. The largest absolute Gasteiger partial charge is 0.370 e. The lowest BCUT2D eigenvalue weighted by atomic mass is 10.1. The summed E-state index contributed by atoms with van der Waals surface area (Å²) in [6.07, 6.45) is 1.02. The predicted molar refractivity (Wildman–Crippen MR) is 129 cm³/mol. The summed E-state index contributed by atoms with van der Waals surface area (Å²) in [5, 5.41) is 6.71. The maximum absolute atomic E-state index is 14.0. The zero-order chi connectivity index (χ0) is 23.6. The Morgan fingerprint density at radius 1 is 1.15 bits per heavy atom. The van der Waals surface area contributed by atoms with Crippen molar-refractivity contribution in [1.82, 2.24) is 20.2 Å². The van der Waals surface area contributed by atoms with Gasteiger partial charge in [0.2, 0.25) is 5.91 Å². The highest BCUT2D eigenvalue weighted by atomic mass is 19.1. The molecule has 0 aliphatic carbocycles. The smallest absolute Gasteiger partial charge is 0.262 e. The predicted octanol–water partition coefficient (Wildman–Crippen LogP) is 2.92. The molecule has 1 amide bonds. The molecule has 3 aromatic rings. The highest BCUT2D eigenvalue weighted by Gasteiger charge is 2.20. The van der Waals surface area contributed by atoms with Crippen LogP contribution >= 0.6 is 0 Å². The Morgan fingerprint density at radius 3 is 2.73 bits per heavy atom. The number of aromatic nitrogens is 2. The Kier molecular flexibility index (Phi) is 6.47. The van der Waals surface area contributed by atoms with Crippen LogP contribution in [0, 0.1) is 5.82 Å².